The van der Waals surface area contributed by atoms with Crippen LogP contribution >= 0.6 is 0 Å². The zero-order chi connectivity index (χ0) is 11.7. The first-order valence-electron chi connectivity index (χ1n) is 4.30. The Bertz CT molecular complexity index is 245. The SMILES string of the molecule is O=CN(C=O)NC(=O)CCCCC(=O)O. The molecule has 0 aliphatic rings. The summed E-state index contributed by atoms with van der Waals surface area (Å²) >= 11 is 0. The summed E-state index contributed by atoms with van der Waals surface area (Å²) in [5, 5.41) is 8.76. The van der Waals surface area contributed by atoms with Crippen LogP contribution in [0.15, 0.2) is 0 Å². The summed E-state index contributed by atoms with van der Waals surface area (Å²) in [4.78, 5) is 41.3. The van der Waals surface area contributed by atoms with Crippen LogP contribution in [0.3, 0.4) is 0 Å². The Hall–Kier alpha value is -1.92. The molecule has 0 radical (unpaired) electrons. The van der Waals surface area contributed by atoms with E-state index in [0.717, 1.165) is 0 Å². The Morgan fingerprint density at radius 3 is 2.13 bits per heavy atom. The number of carboxylic acid groups (broad SMARTS) is 1. The number of unbranched alkanes of at least 4 members (excludes halogenated alkanes) is 1. The van der Waals surface area contributed by atoms with Gasteiger partial charge in [-0.25, -0.2) is 0 Å². The summed E-state index contributed by atoms with van der Waals surface area (Å²) in [7, 11) is 0. The molecule has 0 aromatic rings. The van der Waals surface area contributed by atoms with Gasteiger partial charge in [-0.2, -0.15) is 5.01 Å². The van der Waals surface area contributed by atoms with Crippen molar-refractivity contribution in [1.82, 2.24) is 10.4 Å². The van der Waals surface area contributed by atoms with Crippen molar-refractivity contribution in [2.24, 2.45) is 0 Å². The monoisotopic (exact) mass is 216 g/mol. The number of rotatable bonds is 8. The van der Waals surface area contributed by atoms with Crippen LogP contribution in [-0.2, 0) is 19.2 Å². The van der Waals surface area contributed by atoms with E-state index in [-0.39, 0.29) is 25.7 Å². The van der Waals surface area contributed by atoms with Crippen LogP contribution in [0, 0.1) is 0 Å². The van der Waals surface area contributed by atoms with Crippen molar-refractivity contribution >= 4 is 24.7 Å². The van der Waals surface area contributed by atoms with Gasteiger partial charge in [0.2, 0.25) is 18.7 Å². The Kier molecular flexibility index (Phi) is 6.52. The molecule has 7 heteroatoms. The van der Waals surface area contributed by atoms with Crippen LogP contribution in [0.25, 0.3) is 0 Å². The van der Waals surface area contributed by atoms with Gasteiger partial charge >= 0.3 is 5.97 Å². The Morgan fingerprint density at radius 2 is 1.67 bits per heavy atom. The van der Waals surface area contributed by atoms with E-state index in [1.165, 1.54) is 0 Å². The average Bonchev–Trinajstić information content (AvgIpc) is 2.20. The van der Waals surface area contributed by atoms with Gasteiger partial charge in [-0.05, 0) is 12.8 Å². The quantitative estimate of drug-likeness (QED) is 0.316. The lowest BCUT2D eigenvalue weighted by Gasteiger charge is -2.09. The summed E-state index contributed by atoms with van der Waals surface area (Å²) in [5.74, 6) is -1.42. The third-order valence-electron chi connectivity index (χ3n) is 1.53. The second-order valence-corrected chi connectivity index (χ2v) is 2.75. The lowest BCUT2D eigenvalue weighted by molar-refractivity contribution is -0.140. The van der Waals surface area contributed by atoms with Crippen LogP contribution in [-0.4, -0.2) is 34.8 Å². The highest BCUT2D eigenvalue weighted by Gasteiger charge is 2.06. The third-order valence-corrected chi connectivity index (χ3v) is 1.53. The number of carboxylic acids is 1. The highest BCUT2D eigenvalue weighted by Crippen LogP contribution is 1.99. The first kappa shape index (κ1) is 13.1. The molecule has 2 N–H and O–H groups in total. The number of amides is 3. The van der Waals surface area contributed by atoms with Gasteiger partial charge in [0.25, 0.3) is 0 Å². The first-order valence-corrected chi connectivity index (χ1v) is 4.30. The zero-order valence-electron chi connectivity index (χ0n) is 8.01. The van der Waals surface area contributed by atoms with Crippen LogP contribution in [0.5, 0.6) is 0 Å². The number of hydrogen-bond acceptors (Lipinski definition) is 4. The number of carbonyl (C=O) groups is 4. The normalized spacial score (nSPS) is 9.07. The zero-order valence-corrected chi connectivity index (χ0v) is 8.01. The summed E-state index contributed by atoms with van der Waals surface area (Å²) in [5.41, 5.74) is 2.02. The molecule has 0 aliphatic carbocycles. The first-order chi connectivity index (χ1) is 7.10. The molecule has 0 aromatic carbocycles. The molecular weight excluding hydrogens is 204 g/mol. The van der Waals surface area contributed by atoms with E-state index in [2.05, 4.69) is 0 Å². The van der Waals surface area contributed by atoms with Gasteiger partial charge in [-0.15, -0.1) is 0 Å². The lowest BCUT2D eigenvalue weighted by atomic mass is 10.2. The fourth-order valence-electron chi connectivity index (χ4n) is 0.839. The van der Waals surface area contributed by atoms with Gasteiger partial charge in [-0.3, -0.25) is 24.6 Å². The molecule has 0 fully saturated rings. The number of hydrazine groups is 1. The molecule has 0 unspecified atom stereocenters. The average molecular weight is 216 g/mol. The van der Waals surface area contributed by atoms with E-state index in [1.807, 2.05) is 5.43 Å². The largest absolute Gasteiger partial charge is 0.481 e. The van der Waals surface area contributed by atoms with Crippen LogP contribution in [0.4, 0.5) is 0 Å². The predicted molar refractivity (Wildman–Crippen MR) is 48.2 cm³/mol. The minimum absolute atomic E-state index is 0.00163. The predicted octanol–water partition coefficient (Wildman–Crippen LogP) is -0.723. The number of nitrogens with one attached hydrogen (secondary N) is 1. The Morgan fingerprint density at radius 1 is 1.13 bits per heavy atom. The maximum absolute atomic E-state index is 11.0. The molecule has 0 saturated carbocycles. The maximum atomic E-state index is 11.0. The molecule has 15 heavy (non-hydrogen) atoms. The molecule has 0 aromatic heterocycles. The van der Waals surface area contributed by atoms with Gasteiger partial charge in [-0.1, -0.05) is 0 Å². The van der Waals surface area contributed by atoms with Gasteiger partial charge in [0, 0.05) is 12.8 Å². The maximum Gasteiger partial charge on any atom is 0.303 e. The minimum Gasteiger partial charge on any atom is -0.481 e. The van der Waals surface area contributed by atoms with Crippen molar-refractivity contribution in [2.75, 3.05) is 0 Å². The van der Waals surface area contributed by atoms with Crippen LogP contribution < -0.4 is 5.43 Å². The highest BCUT2D eigenvalue weighted by molar-refractivity contribution is 5.80. The molecule has 0 heterocycles. The van der Waals surface area contributed by atoms with Crippen LogP contribution in [0.1, 0.15) is 25.7 Å². The van der Waals surface area contributed by atoms with Gasteiger partial charge in [0.05, 0.1) is 0 Å². The molecule has 0 rings (SSSR count). The van der Waals surface area contributed by atoms with E-state index in [0.29, 0.717) is 17.9 Å². The number of nitrogens with zero attached hydrogens (tertiary/aromatic N) is 1. The number of imide groups is 1. The van der Waals surface area contributed by atoms with Crippen molar-refractivity contribution in [3.8, 4) is 0 Å². The molecule has 0 atom stereocenters. The topological polar surface area (TPSA) is 104 Å². The molecule has 7 nitrogen and oxygen atoms in total. The van der Waals surface area contributed by atoms with Crippen molar-refractivity contribution in [3.05, 3.63) is 0 Å². The summed E-state index contributed by atoms with van der Waals surface area (Å²) in [6.45, 7) is 0. The summed E-state index contributed by atoms with van der Waals surface area (Å²) < 4.78 is 0. The van der Waals surface area contributed by atoms with E-state index < -0.39 is 11.9 Å². The molecule has 0 spiro atoms. The van der Waals surface area contributed by atoms with Crippen molar-refractivity contribution in [3.63, 3.8) is 0 Å². The smallest absolute Gasteiger partial charge is 0.303 e. The highest BCUT2D eigenvalue weighted by atomic mass is 16.4. The molecule has 0 aliphatic heterocycles. The van der Waals surface area contributed by atoms with Gasteiger partial charge in [0.15, 0.2) is 0 Å². The second-order valence-electron chi connectivity index (χ2n) is 2.75. The van der Waals surface area contributed by atoms with E-state index in [4.69, 9.17) is 5.11 Å². The van der Waals surface area contributed by atoms with Crippen LogP contribution in [0.2, 0.25) is 0 Å². The fourth-order valence-corrected chi connectivity index (χ4v) is 0.839. The molecule has 3 amide bonds. The molecule has 84 valence electrons. The minimum atomic E-state index is -0.919. The fraction of sp³-hybridized carbons (Fsp3) is 0.500. The van der Waals surface area contributed by atoms with E-state index in [1.54, 1.807) is 0 Å². The summed E-state index contributed by atoms with van der Waals surface area (Å²) in [6, 6.07) is 0. The molecular formula is C8H12N2O5. The lowest BCUT2D eigenvalue weighted by Crippen LogP contribution is -2.40. The van der Waals surface area contributed by atoms with Crippen molar-refractivity contribution in [2.45, 2.75) is 25.7 Å². The number of carbonyl (C=O) groups excluding carboxylic acids is 3. The van der Waals surface area contributed by atoms with Crippen molar-refractivity contribution in [1.29, 1.82) is 0 Å². The summed E-state index contributed by atoms with van der Waals surface area (Å²) in [6.07, 6.45) is 1.18. The second kappa shape index (κ2) is 7.48. The molecule has 0 saturated heterocycles. The molecule has 0 bridgehead atoms. The van der Waals surface area contributed by atoms with E-state index >= 15 is 0 Å². The number of hydrogen-bond donors (Lipinski definition) is 2. The van der Waals surface area contributed by atoms with E-state index in [9.17, 15) is 19.2 Å². The van der Waals surface area contributed by atoms with Gasteiger partial charge in [0.1, 0.15) is 0 Å². The third kappa shape index (κ3) is 7.17. The Labute approximate surface area is 86.0 Å². The van der Waals surface area contributed by atoms with Crippen molar-refractivity contribution < 1.29 is 24.3 Å². The standard InChI is InChI=1S/C8H12N2O5/c11-5-10(6-12)9-7(13)3-1-2-4-8(14)15/h5-6H,1-4H2,(H,9,13)(H,14,15). The van der Waals surface area contributed by atoms with Gasteiger partial charge < -0.3 is 5.11 Å². The number of aliphatic carboxylic acids is 1. The Balaban J connectivity index is 3.61.